The molecule has 0 spiro atoms. The molecule has 9 heteroatoms. The normalized spacial score (nSPS) is 12.8. The number of carbonyl (C=O) groups excluding carboxylic acids is 1. The highest BCUT2D eigenvalue weighted by atomic mass is 32.2. The number of fused-ring (bicyclic) bond motifs is 1. The standard InChI is InChI=1S/C29H26F3NO4S/c1-3-20(2)33(28(34)24-14-13-22-7-4-5-8-23(22)17-24)19-21-11-15-26(16-12-21)37-38(35,36)27-10-6-9-25(18-27)29(30,31)32/h4-18,20H,3,19H2,1-2H3. The van der Waals surface area contributed by atoms with Crippen molar-refractivity contribution in [3.8, 4) is 5.75 Å². The molecule has 4 rings (SSSR count). The van der Waals surface area contributed by atoms with Crippen LogP contribution in [0.3, 0.4) is 0 Å². The van der Waals surface area contributed by atoms with E-state index in [1.807, 2.05) is 50.2 Å². The van der Waals surface area contributed by atoms with Crippen LogP contribution in [-0.4, -0.2) is 25.3 Å². The van der Waals surface area contributed by atoms with Crippen molar-refractivity contribution in [3.05, 3.63) is 108 Å². The largest absolute Gasteiger partial charge is 0.416 e. The van der Waals surface area contributed by atoms with E-state index in [9.17, 15) is 26.4 Å². The molecule has 0 aliphatic rings. The Kier molecular flexibility index (Phi) is 7.78. The van der Waals surface area contributed by atoms with Crippen LogP contribution in [0.2, 0.25) is 0 Å². The summed E-state index contributed by atoms with van der Waals surface area (Å²) in [5.41, 5.74) is 0.220. The van der Waals surface area contributed by atoms with Crippen LogP contribution in [-0.2, 0) is 22.8 Å². The van der Waals surface area contributed by atoms with Crippen LogP contribution in [0.25, 0.3) is 10.8 Å². The maximum Gasteiger partial charge on any atom is 0.416 e. The predicted molar refractivity (Wildman–Crippen MR) is 139 cm³/mol. The molecule has 0 radical (unpaired) electrons. The lowest BCUT2D eigenvalue weighted by atomic mass is 10.0. The van der Waals surface area contributed by atoms with Crippen molar-refractivity contribution >= 4 is 26.8 Å². The molecular weight excluding hydrogens is 515 g/mol. The molecule has 4 aromatic rings. The van der Waals surface area contributed by atoms with E-state index in [0.29, 0.717) is 11.6 Å². The summed E-state index contributed by atoms with van der Waals surface area (Å²) >= 11 is 0. The van der Waals surface area contributed by atoms with Crippen molar-refractivity contribution in [2.24, 2.45) is 0 Å². The summed E-state index contributed by atoms with van der Waals surface area (Å²) in [5.74, 6) is -0.181. The Balaban J connectivity index is 1.52. The van der Waals surface area contributed by atoms with Gasteiger partial charge in [0, 0.05) is 18.2 Å². The second-order valence-corrected chi connectivity index (χ2v) is 10.5. The van der Waals surface area contributed by atoms with Crippen molar-refractivity contribution < 1.29 is 30.6 Å². The number of hydrogen-bond donors (Lipinski definition) is 0. The molecule has 1 amide bonds. The Morgan fingerprint density at radius 3 is 2.24 bits per heavy atom. The van der Waals surface area contributed by atoms with Gasteiger partial charge in [0.05, 0.1) is 5.56 Å². The minimum atomic E-state index is -4.68. The third-order valence-corrected chi connectivity index (χ3v) is 7.56. The van der Waals surface area contributed by atoms with Crippen LogP contribution in [0.4, 0.5) is 13.2 Å². The lowest BCUT2D eigenvalue weighted by molar-refractivity contribution is -0.137. The number of rotatable bonds is 8. The van der Waals surface area contributed by atoms with Crippen LogP contribution >= 0.6 is 0 Å². The van der Waals surface area contributed by atoms with Crippen molar-refractivity contribution in [1.82, 2.24) is 4.90 Å². The Morgan fingerprint density at radius 2 is 1.58 bits per heavy atom. The smallest absolute Gasteiger partial charge is 0.379 e. The zero-order valence-electron chi connectivity index (χ0n) is 20.8. The zero-order valence-corrected chi connectivity index (χ0v) is 21.6. The van der Waals surface area contributed by atoms with Crippen LogP contribution in [0.1, 0.15) is 41.8 Å². The predicted octanol–water partition coefficient (Wildman–Crippen LogP) is 7.07. The fourth-order valence-corrected chi connectivity index (χ4v) is 4.96. The summed E-state index contributed by atoms with van der Waals surface area (Å²) in [7, 11) is -4.48. The van der Waals surface area contributed by atoms with Crippen molar-refractivity contribution in [1.29, 1.82) is 0 Å². The molecule has 1 atom stereocenters. The number of hydrogen-bond acceptors (Lipinski definition) is 4. The van der Waals surface area contributed by atoms with Crippen molar-refractivity contribution in [2.45, 2.75) is 43.9 Å². The molecule has 0 aromatic heterocycles. The maximum absolute atomic E-state index is 13.4. The monoisotopic (exact) mass is 541 g/mol. The van der Waals surface area contributed by atoms with Gasteiger partial charge >= 0.3 is 16.3 Å². The van der Waals surface area contributed by atoms with Gasteiger partial charge in [-0.15, -0.1) is 0 Å². The van der Waals surface area contributed by atoms with E-state index in [4.69, 9.17) is 4.18 Å². The molecule has 0 saturated heterocycles. The van der Waals surface area contributed by atoms with E-state index in [0.717, 1.165) is 41.0 Å². The quantitative estimate of drug-likeness (QED) is 0.224. The van der Waals surface area contributed by atoms with Gasteiger partial charge in [0.25, 0.3) is 5.91 Å². The fraction of sp³-hybridized carbons (Fsp3) is 0.207. The first-order chi connectivity index (χ1) is 18.0. The van der Waals surface area contributed by atoms with Crippen molar-refractivity contribution in [2.75, 3.05) is 0 Å². The molecule has 0 aliphatic heterocycles. The number of alkyl halides is 3. The molecule has 198 valence electrons. The molecular formula is C29H26F3NO4S. The Labute approximate surface area is 219 Å². The molecule has 4 aromatic carbocycles. The van der Waals surface area contributed by atoms with Gasteiger partial charge in [0.1, 0.15) is 10.6 Å². The first kappa shape index (κ1) is 27.2. The van der Waals surface area contributed by atoms with Gasteiger partial charge in [-0.25, -0.2) is 0 Å². The van der Waals surface area contributed by atoms with E-state index in [-0.39, 0.29) is 24.2 Å². The first-order valence-electron chi connectivity index (χ1n) is 12.0. The average molecular weight is 542 g/mol. The summed E-state index contributed by atoms with van der Waals surface area (Å²) < 4.78 is 69.2. The lowest BCUT2D eigenvalue weighted by Gasteiger charge is -2.29. The molecule has 0 aliphatic carbocycles. The minimum absolute atomic E-state index is 0.0536. The second-order valence-electron chi connectivity index (χ2n) is 8.96. The molecule has 38 heavy (non-hydrogen) atoms. The van der Waals surface area contributed by atoms with Gasteiger partial charge in [-0.1, -0.05) is 55.5 Å². The summed E-state index contributed by atoms with van der Waals surface area (Å²) in [6.45, 7) is 4.22. The summed E-state index contributed by atoms with van der Waals surface area (Å²) in [6.07, 6.45) is -3.95. The zero-order chi connectivity index (χ0) is 27.5. The Hall–Kier alpha value is -3.85. The lowest BCUT2D eigenvalue weighted by Crippen LogP contribution is -2.37. The van der Waals surface area contributed by atoms with E-state index >= 15 is 0 Å². The Bertz CT molecular complexity index is 1550. The molecule has 1 unspecified atom stereocenters. The van der Waals surface area contributed by atoms with Crippen LogP contribution in [0.5, 0.6) is 5.75 Å². The fourth-order valence-electron chi connectivity index (χ4n) is 3.99. The molecule has 0 heterocycles. The molecule has 0 saturated carbocycles. The van der Waals surface area contributed by atoms with E-state index < -0.39 is 26.8 Å². The highest BCUT2D eigenvalue weighted by Gasteiger charge is 2.32. The maximum atomic E-state index is 13.4. The number of nitrogens with zero attached hydrogens (tertiary/aromatic N) is 1. The van der Waals surface area contributed by atoms with Gasteiger partial charge in [-0.2, -0.15) is 21.6 Å². The Morgan fingerprint density at radius 1 is 0.895 bits per heavy atom. The number of amides is 1. The van der Waals surface area contributed by atoms with Gasteiger partial charge in [-0.05, 0) is 72.1 Å². The molecule has 0 N–H and O–H groups in total. The van der Waals surface area contributed by atoms with Gasteiger partial charge in [-0.3, -0.25) is 4.79 Å². The number of halogens is 3. The first-order valence-corrected chi connectivity index (χ1v) is 13.4. The summed E-state index contributed by atoms with van der Waals surface area (Å²) in [6, 6.07) is 22.7. The second kappa shape index (κ2) is 10.9. The highest BCUT2D eigenvalue weighted by Crippen LogP contribution is 2.31. The van der Waals surface area contributed by atoms with E-state index in [1.54, 1.807) is 23.1 Å². The van der Waals surface area contributed by atoms with Gasteiger partial charge < -0.3 is 9.08 Å². The van der Waals surface area contributed by atoms with Crippen LogP contribution in [0.15, 0.2) is 95.9 Å². The molecule has 5 nitrogen and oxygen atoms in total. The number of benzene rings is 4. The summed E-state index contributed by atoms with van der Waals surface area (Å²) in [5, 5.41) is 2.00. The van der Waals surface area contributed by atoms with E-state index in [1.165, 1.54) is 12.1 Å². The summed E-state index contributed by atoms with van der Waals surface area (Å²) in [4.78, 5) is 14.6. The topological polar surface area (TPSA) is 63.7 Å². The highest BCUT2D eigenvalue weighted by molar-refractivity contribution is 7.87. The van der Waals surface area contributed by atoms with Gasteiger partial charge in [0.15, 0.2) is 0 Å². The number of carbonyl (C=O) groups is 1. The SMILES string of the molecule is CCC(C)N(Cc1ccc(OS(=O)(=O)c2cccc(C(F)(F)F)c2)cc1)C(=O)c1ccc2ccccc2c1. The third-order valence-electron chi connectivity index (χ3n) is 6.31. The third kappa shape index (κ3) is 6.16. The molecule has 0 fully saturated rings. The average Bonchev–Trinajstić information content (AvgIpc) is 2.91. The van der Waals surface area contributed by atoms with Crippen LogP contribution in [0, 0.1) is 0 Å². The van der Waals surface area contributed by atoms with E-state index in [2.05, 4.69) is 0 Å². The van der Waals surface area contributed by atoms with Crippen LogP contribution < -0.4 is 4.18 Å². The van der Waals surface area contributed by atoms with Crippen molar-refractivity contribution in [3.63, 3.8) is 0 Å². The van der Waals surface area contributed by atoms with Gasteiger partial charge in [0.2, 0.25) is 0 Å². The molecule has 0 bridgehead atoms. The minimum Gasteiger partial charge on any atom is -0.379 e.